The molecule has 3 rings (SSSR count). The molecular formula is C16H12ClN3OS2. The lowest BCUT2D eigenvalue weighted by atomic mass is 10.2. The molecule has 0 saturated carbocycles. The van der Waals surface area contributed by atoms with Crippen LogP contribution in [0.25, 0.3) is 10.2 Å². The van der Waals surface area contributed by atoms with E-state index in [0.717, 1.165) is 15.0 Å². The molecule has 0 fully saturated rings. The van der Waals surface area contributed by atoms with Crippen LogP contribution in [-0.2, 0) is 7.05 Å². The van der Waals surface area contributed by atoms with E-state index in [4.69, 9.17) is 23.8 Å². The minimum absolute atomic E-state index is 0.132. The maximum Gasteiger partial charge on any atom is 0.257 e. The molecule has 1 N–H and O–H groups in total. The highest BCUT2D eigenvalue weighted by Crippen LogP contribution is 2.15. The summed E-state index contributed by atoms with van der Waals surface area (Å²) in [6.07, 6.45) is 0. The van der Waals surface area contributed by atoms with E-state index in [2.05, 4.69) is 10.3 Å². The number of aromatic nitrogens is 1. The Balaban J connectivity index is 1.84. The van der Waals surface area contributed by atoms with Crippen LogP contribution in [-0.4, -0.2) is 15.6 Å². The Bertz CT molecular complexity index is 957. The van der Waals surface area contributed by atoms with Crippen molar-refractivity contribution < 1.29 is 4.79 Å². The third kappa shape index (κ3) is 3.50. The number of halogens is 1. The summed E-state index contributed by atoms with van der Waals surface area (Å²) in [5, 5.41) is 3.32. The van der Waals surface area contributed by atoms with E-state index in [1.54, 1.807) is 24.3 Å². The molecule has 23 heavy (non-hydrogen) atoms. The summed E-state index contributed by atoms with van der Waals surface area (Å²) in [4.78, 5) is 17.2. The molecule has 7 heteroatoms. The minimum Gasteiger partial charge on any atom is -0.319 e. The van der Waals surface area contributed by atoms with E-state index in [0.29, 0.717) is 10.6 Å². The number of para-hydroxylation sites is 1. The van der Waals surface area contributed by atoms with E-state index < -0.39 is 0 Å². The van der Waals surface area contributed by atoms with E-state index in [9.17, 15) is 4.79 Å². The molecule has 0 radical (unpaired) electrons. The van der Waals surface area contributed by atoms with E-state index in [-0.39, 0.29) is 11.0 Å². The van der Waals surface area contributed by atoms with Gasteiger partial charge in [-0.1, -0.05) is 35.1 Å². The zero-order chi connectivity index (χ0) is 16.4. The molecule has 116 valence electrons. The summed E-state index contributed by atoms with van der Waals surface area (Å²) in [7, 11) is 1.92. The summed E-state index contributed by atoms with van der Waals surface area (Å²) in [6.45, 7) is 0. The molecule has 0 atom stereocenters. The first-order valence-electron chi connectivity index (χ1n) is 6.75. The van der Waals surface area contributed by atoms with Gasteiger partial charge < -0.3 is 4.57 Å². The van der Waals surface area contributed by atoms with Crippen LogP contribution in [0.3, 0.4) is 0 Å². The maximum atomic E-state index is 12.1. The van der Waals surface area contributed by atoms with Crippen molar-refractivity contribution >= 4 is 56.4 Å². The Morgan fingerprint density at radius 2 is 1.91 bits per heavy atom. The number of thiazole rings is 1. The van der Waals surface area contributed by atoms with Gasteiger partial charge in [-0.15, -0.1) is 0 Å². The molecule has 0 saturated heterocycles. The third-order valence-electron chi connectivity index (χ3n) is 3.24. The lowest BCUT2D eigenvalue weighted by Gasteiger charge is -2.02. The Kier molecular flexibility index (Phi) is 4.56. The highest BCUT2D eigenvalue weighted by molar-refractivity contribution is 7.80. The Labute approximate surface area is 147 Å². The Morgan fingerprint density at radius 1 is 1.22 bits per heavy atom. The maximum absolute atomic E-state index is 12.1. The fraction of sp³-hybridized carbons (Fsp3) is 0.0625. The topological polar surface area (TPSA) is 46.4 Å². The minimum atomic E-state index is -0.306. The smallest absolute Gasteiger partial charge is 0.257 e. The molecule has 0 spiro atoms. The van der Waals surface area contributed by atoms with Crippen LogP contribution in [0, 0.1) is 0 Å². The molecule has 1 aromatic heterocycles. The van der Waals surface area contributed by atoms with E-state index in [1.165, 1.54) is 11.3 Å². The van der Waals surface area contributed by atoms with Crippen LogP contribution < -0.4 is 10.1 Å². The predicted molar refractivity (Wildman–Crippen MR) is 97.9 cm³/mol. The molecular weight excluding hydrogens is 350 g/mol. The van der Waals surface area contributed by atoms with Gasteiger partial charge in [-0.2, -0.15) is 4.99 Å². The van der Waals surface area contributed by atoms with Crippen molar-refractivity contribution in [2.45, 2.75) is 0 Å². The molecule has 1 heterocycles. The van der Waals surface area contributed by atoms with E-state index in [1.807, 2.05) is 35.9 Å². The molecule has 0 aliphatic heterocycles. The fourth-order valence-electron chi connectivity index (χ4n) is 2.07. The number of benzene rings is 2. The number of carbonyl (C=O) groups excluding carboxylic acids is 1. The van der Waals surface area contributed by atoms with Gasteiger partial charge in [0.05, 0.1) is 10.2 Å². The van der Waals surface area contributed by atoms with Crippen molar-refractivity contribution in [3.8, 4) is 0 Å². The Morgan fingerprint density at radius 3 is 2.61 bits per heavy atom. The highest BCUT2D eigenvalue weighted by Gasteiger charge is 2.08. The number of amides is 1. The van der Waals surface area contributed by atoms with Crippen LogP contribution in [0.2, 0.25) is 5.02 Å². The summed E-state index contributed by atoms with van der Waals surface area (Å²) in [5.74, 6) is -0.306. The predicted octanol–water partition coefficient (Wildman–Crippen LogP) is 3.51. The van der Waals surface area contributed by atoms with Crippen LogP contribution in [0.4, 0.5) is 0 Å². The summed E-state index contributed by atoms with van der Waals surface area (Å²) in [6, 6.07) is 14.6. The SMILES string of the molecule is Cn1c(=NC(=S)NC(=O)c2ccc(Cl)cc2)sc2ccccc21. The molecule has 1 amide bonds. The molecule has 4 nitrogen and oxygen atoms in total. The first kappa shape index (κ1) is 15.9. The number of nitrogens with one attached hydrogen (secondary N) is 1. The lowest BCUT2D eigenvalue weighted by Crippen LogP contribution is -2.29. The second-order valence-electron chi connectivity index (χ2n) is 4.79. The fourth-order valence-corrected chi connectivity index (χ4v) is 3.46. The first-order chi connectivity index (χ1) is 11.0. The summed E-state index contributed by atoms with van der Waals surface area (Å²) in [5.41, 5.74) is 1.55. The van der Waals surface area contributed by atoms with Gasteiger partial charge in [0, 0.05) is 17.6 Å². The average molecular weight is 362 g/mol. The molecule has 0 unspecified atom stereocenters. The number of thiocarbonyl (C=S) groups is 1. The molecule has 0 aliphatic rings. The number of fused-ring (bicyclic) bond motifs is 1. The quantitative estimate of drug-likeness (QED) is 0.674. The second kappa shape index (κ2) is 6.62. The second-order valence-corrected chi connectivity index (χ2v) is 6.62. The first-order valence-corrected chi connectivity index (χ1v) is 8.35. The van der Waals surface area contributed by atoms with Gasteiger partial charge in [0.15, 0.2) is 4.80 Å². The van der Waals surface area contributed by atoms with Crippen molar-refractivity contribution in [1.82, 2.24) is 9.88 Å². The largest absolute Gasteiger partial charge is 0.319 e. The van der Waals surface area contributed by atoms with Gasteiger partial charge in [-0.25, -0.2) is 0 Å². The zero-order valence-corrected chi connectivity index (χ0v) is 14.5. The normalized spacial score (nSPS) is 11.7. The van der Waals surface area contributed by atoms with Crippen LogP contribution in [0.5, 0.6) is 0 Å². The van der Waals surface area contributed by atoms with Crippen LogP contribution >= 0.6 is 35.2 Å². The summed E-state index contributed by atoms with van der Waals surface area (Å²) < 4.78 is 3.06. The van der Waals surface area contributed by atoms with Gasteiger partial charge in [0.1, 0.15) is 0 Å². The summed E-state index contributed by atoms with van der Waals surface area (Å²) >= 11 is 12.5. The lowest BCUT2D eigenvalue weighted by molar-refractivity contribution is 0.0977. The van der Waals surface area contributed by atoms with Crippen molar-refractivity contribution in [1.29, 1.82) is 0 Å². The van der Waals surface area contributed by atoms with Crippen molar-refractivity contribution in [3.63, 3.8) is 0 Å². The van der Waals surface area contributed by atoms with Crippen LogP contribution in [0.1, 0.15) is 10.4 Å². The van der Waals surface area contributed by atoms with E-state index >= 15 is 0 Å². The average Bonchev–Trinajstić information content (AvgIpc) is 2.84. The number of carbonyl (C=O) groups is 1. The van der Waals surface area contributed by atoms with Gasteiger partial charge in [0.2, 0.25) is 5.11 Å². The van der Waals surface area contributed by atoms with Gasteiger partial charge in [-0.3, -0.25) is 10.1 Å². The van der Waals surface area contributed by atoms with Crippen LogP contribution in [0.15, 0.2) is 53.5 Å². The zero-order valence-electron chi connectivity index (χ0n) is 12.1. The highest BCUT2D eigenvalue weighted by atomic mass is 35.5. The number of rotatable bonds is 1. The number of hydrogen-bond acceptors (Lipinski definition) is 3. The molecule has 0 bridgehead atoms. The monoisotopic (exact) mass is 361 g/mol. The van der Waals surface area contributed by atoms with Crippen molar-refractivity contribution in [2.24, 2.45) is 12.0 Å². The van der Waals surface area contributed by atoms with Gasteiger partial charge in [-0.05, 0) is 48.6 Å². The van der Waals surface area contributed by atoms with Crippen molar-refractivity contribution in [2.75, 3.05) is 0 Å². The van der Waals surface area contributed by atoms with Crippen molar-refractivity contribution in [3.05, 3.63) is 63.9 Å². The number of nitrogens with zero attached hydrogens (tertiary/aromatic N) is 2. The standard InChI is InChI=1S/C16H12ClN3OS2/c1-20-12-4-2-3-5-13(12)23-16(20)19-15(22)18-14(21)10-6-8-11(17)9-7-10/h2-9H,1H3,(H,18,21,22). The number of aryl methyl sites for hydroxylation is 1. The van der Waals surface area contributed by atoms with Gasteiger partial charge in [0.25, 0.3) is 5.91 Å². The van der Waals surface area contributed by atoms with Gasteiger partial charge >= 0.3 is 0 Å². The molecule has 0 aliphatic carbocycles. The Hall–Kier alpha value is -2.02. The molecule has 3 aromatic rings. The molecule has 2 aromatic carbocycles. The number of hydrogen-bond donors (Lipinski definition) is 1. The third-order valence-corrected chi connectivity index (χ3v) is 4.80.